The van der Waals surface area contributed by atoms with Gasteiger partial charge in [0.25, 0.3) is 0 Å². The van der Waals surface area contributed by atoms with Gasteiger partial charge in [0.15, 0.2) is 0 Å². The first-order chi connectivity index (χ1) is 7.70. The molecule has 0 spiro atoms. The van der Waals surface area contributed by atoms with Crippen molar-refractivity contribution in [2.24, 2.45) is 7.05 Å². The van der Waals surface area contributed by atoms with E-state index in [0.717, 1.165) is 15.7 Å². The molecule has 0 radical (unpaired) electrons. The van der Waals surface area contributed by atoms with E-state index in [0.29, 0.717) is 0 Å². The molecule has 0 aliphatic carbocycles. The maximum absolute atomic E-state index is 9.73. The zero-order valence-corrected chi connectivity index (χ0v) is 9.99. The highest BCUT2D eigenvalue weighted by Gasteiger charge is 2.07. The molecule has 0 aliphatic rings. The Bertz CT molecular complexity index is 494. The third-order valence-electron chi connectivity index (χ3n) is 2.28. The van der Waals surface area contributed by atoms with Crippen molar-refractivity contribution >= 4 is 11.8 Å². The summed E-state index contributed by atoms with van der Waals surface area (Å²) in [5.41, 5.74) is 0. The average molecular weight is 235 g/mol. The van der Waals surface area contributed by atoms with Crippen LogP contribution in [0.3, 0.4) is 0 Å². The highest BCUT2D eigenvalue weighted by atomic mass is 32.2. The van der Waals surface area contributed by atoms with Crippen molar-refractivity contribution in [2.45, 2.75) is 9.92 Å². The van der Waals surface area contributed by atoms with Crippen LogP contribution in [0.1, 0.15) is 0 Å². The van der Waals surface area contributed by atoms with Crippen LogP contribution in [0.25, 0.3) is 0 Å². The summed E-state index contributed by atoms with van der Waals surface area (Å²) < 4.78 is 7.13. The van der Waals surface area contributed by atoms with E-state index in [-0.39, 0.29) is 5.75 Å². The molecule has 0 atom stereocenters. The second kappa shape index (κ2) is 4.53. The van der Waals surface area contributed by atoms with Crippen LogP contribution in [0.2, 0.25) is 0 Å². The Morgan fingerprint density at radius 2 is 2.12 bits per heavy atom. The first-order valence-corrected chi connectivity index (χ1v) is 5.68. The summed E-state index contributed by atoms with van der Waals surface area (Å²) in [6.07, 6.45) is 1.97. The summed E-state index contributed by atoms with van der Waals surface area (Å²) >= 11 is 1.51. The van der Waals surface area contributed by atoms with E-state index in [1.807, 2.05) is 36.0 Å². The standard InChI is InChI=1S/C12H13NO2S/c1-13-7-3-4-12(13)16-11-8-9(15-2)5-6-10(11)14/h3-8,14H,1-2H3. The van der Waals surface area contributed by atoms with Gasteiger partial charge in [-0.15, -0.1) is 0 Å². The molecule has 0 bridgehead atoms. The predicted octanol–water partition coefficient (Wildman–Crippen LogP) is 2.89. The number of methoxy groups -OCH3 is 1. The highest BCUT2D eigenvalue weighted by Crippen LogP contribution is 2.36. The lowest BCUT2D eigenvalue weighted by atomic mass is 10.3. The fourth-order valence-electron chi connectivity index (χ4n) is 1.37. The number of rotatable bonds is 3. The lowest BCUT2D eigenvalue weighted by Gasteiger charge is -2.07. The highest BCUT2D eigenvalue weighted by molar-refractivity contribution is 7.99. The van der Waals surface area contributed by atoms with E-state index >= 15 is 0 Å². The molecule has 0 unspecified atom stereocenters. The summed E-state index contributed by atoms with van der Waals surface area (Å²) in [4.78, 5) is 0.793. The van der Waals surface area contributed by atoms with E-state index in [1.54, 1.807) is 19.2 Å². The summed E-state index contributed by atoms with van der Waals surface area (Å²) in [6.45, 7) is 0. The molecule has 84 valence electrons. The summed E-state index contributed by atoms with van der Waals surface area (Å²) in [6, 6.07) is 9.19. The molecule has 2 rings (SSSR count). The van der Waals surface area contributed by atoms with Gasteiger partial charge in [-0.25, -0.2) is 0 Å². The number of aromatic hydroxyl groups is 1. The molecule has 0 aliphatic heterocycles. The van der Waals surface area contributed by atoms with Gasteiger partial charge in [-0.05, 0) is 30.3 Å². The molecule has 1 aromatic carbocycles. The summed E-state index contributed by atoms with van der Waals surface area (Å²) in [5, 5.41) is 10.8. The molecule has 0 saturated carbocycles. The smallest absolute Gasteiger partial charge is 0.129 e. The van der Waals surface area contributed by atoms with Gasteiger partial charge in [0.2, 0.25) is 0 Å². The molecule has 3 nitrogen and oxygen atoms in total. The van der Waals surface area contributed by atoms with Crippen LogP contribution >= 0.6 is 11.8 Å². The number of phenols is 1. The van der Waals surface area contributed by atoms with Crippen molar-refractivity contribution in [1.82, 2.24) is 4.57 Å². The molecule has 2 aromatic rings. The van der Waals surface area contributed by atoms with Crippen molar-refractivity contribution in [3.8, 4) is 11.5 Å². The third-order valence-corrected chi connectivity index (χ3v) is 3.46. The summed E-state index contributed by atoms with van der Waals surface area (Å²) in [7, 11) is 3.59. The van der Waals surface area contributed by atoms with E-state index in [9.17, 15) is 5.11 Å². The van der Waals surface area contributed by atoms with Crippen molar-refractivity contribution in [3.63, 3.8) is 0 Å². The van der Waals surface area contributed by atoms with Gasteiger partial charge < -0.3 is 14.4 Å². The largest absolute Gasteiger partial charge is 0.507 e. The Morgan fingerprint density at radius 3 is 2.75 bits per heavy atom. The topological polar surface area (TPSA) is 34.4 Å². The fraction of sp³-hybridized carbons (Fsp3) is 0.167. The Kier molecular flexibility index (Phi) is 3.10. The van der Waals surface area contributed by atoms with E-state index < -0.39 is 0 Å². The number of aryl methyl sites for hydroxylation is 1. The minimum atomic E-state index is 0.270. The number of aromatic nitrogens is 1. The van der Waals surface area contributed by atoms with Gasteiger partial charge in [0, 0.05) is 13.2 Å². The molecule has 1 aromatic heterocycles. The number of nitrogens with zero attached hydrogens (tertiary/aromatic N) is 1. The molecule has 0 amide bonds. The molecular formula is C12H13NO2S. The van der Waals surface area contributed by atoms with Crippen molar-refractivity contribution in [3.05, 3.63) is 36.5 Å². The lowest BCUT2D eigenvalue weighted by molar-refractivity contribution is 0.409. The molecular weight excluding hydrogens is 222 g/mol. The Labute approximate surface area is 98.7 Å². The van der Waals surface area contributed by atoms with Gasteiger partial charge >= 0.3 is 0 Å². The van der Waals surface area contributed by atoms with E-state index in [4.69, 9.17) is 4.74 Å². The maximum Gasteiger partial charge on any atom is 0.129 e. The van der Waals surface area contributed by atoms with E-state index in [1.165, 1.54) is 11.8 Å². The molecule has 1 heterocycles. The zero-order valence-electron chi connectivity index (χ0n) is 9.18. The number of benzene rings is 1. The number of phenolic OH excluding ortho intramolecular Hbond substituents is 1. The Hall–Kier alpha value is -1.55. The fourth-order valence-corrected chi connectivity index (χ4v) is 2.29. The van der Waals surface area contributed by atoms with Crippen molar-refractivity contribution in [1.29, 1.82) is 0 Å². The van der Waals surface area contributed by atoms with E-state index in [2.05, 4.69) is 0 Å². The Morgan fingerprint density at radius 1 is 1.31 bits per heavy atom. The van der Waals surface area contributed by atoms with Crippen LogP contribution in [0.4, 0.5) is 0 Å². The number of hydrogen-bond donors (Lipinski definition) is 1. The minimum Gasteiger partial charge on any atom is -0.507 e. The van der Waals surface area contributed by atoms with Gasteiger partial charge in [-0.1, -0.05) is 11.8 Å². The first kappa shape index (κ1) is 11.0. The van der Waals surface area contributed by atoms with Crippen molar-refractivity contribution in [2.75, 3.05) is 7.11 Å². The van der Waals surface area contributed by atoms with Crippen LogP contribution in [-0.4, -0.2) is 16.8 Å². The molecule has 1 N–H and O–H groups in total. The Balaban J connectivity index is 2.30. The van der Waals surface area contributed by atoms with Gasteiger partial charge in [-0.3, -0.25) is 0 Å². The SMILES string of the molecule is COc1ccc(O)c(Sc2cccn2C)c1. The molecule has 4 heteroatoms. The predicted molar refractivity (Wildman–Crippen MR) is 64.2 cm³/mol. The number of ether oxygens (including phenoxy) is 1. The van der Waals surface area contributed by atoms with Crippen LogP contribution in [-0.2, 0) is 7.05 Å². The molecule has 0 saturated heterocycles. The monoisotopic (exact) mass is 235 g/mol. The van der Waals surface area contributed by atoms with Crippen LogP contribution in [0, 0.1) is 0 Å². The quantitative estimate of drug-likeness (QED) is 0.888. The van der Waals surface area contributed by atoms with Crippen LogP contribution in [0.5, 0.6) is 11.5 Å². The van der Waals surface area contributed by atoms with Crippen LogP contribution < -0.4 is 4.74 Å². The lowest BCUT2D eigenvalue weighted by Crippen LogP contribution is -1.87. The molecule has 16 heavy (non-hydrogen) atoms. The third kappa shape index (κ3) is 2.17. The summed E-state index contributed by atoms with van der Waals surface area (Å²) in [5.74, 6) is 1.02. The minimum absolute atomic E-state index is 0.270. The zero-order chi connectivity index (χ0) is 11.5. The second-order valence-electron chi connectivity index (χ2n) is 3.39. The first-order valence-electron chi connectivity index (χ1n) is 4.87. The van der Waals surface area contributed by atoms with Gasteiger partial charge in [0.1, 0.15) is 11.5 Å². The maximum atomic E-state index is 9.73. The van der Waals surface area contributed by atoms with Gasteiger partial charge in [0.05, 0.1) is 17.0 Å². The van der Waals surface area contributed by atoms with Crippen LogP contribution in [0.15, 0.2) is 46.5 Å². The number of hydrogen-bond acceptors (Lipinski definition) is 3. The molecule has 0 fully saturated rings. The average Bonchev–Trinajstić information content (AvgIpc) is 2.68. The second-order valence-corrected chi connectivity index (χ2v) is 4.46. The van der Waals surface area contributed by atoms with Crippen molar-refractivity contribution < 1.29 is 9.84 Å². The normalized spacial score (nSPS) is 10.4. The van der Waals surface area contributed by atoms with Gasteiger partial charge in [-0.2, -0.15) is 0 Å².